The molecule has 0 aromatic heterocycles. The van der Waals surface area contributed by atoms with Crippen LogP contribution in [0, 0.1) is 17.0 Å². The van der Waals surface area contributed by atoms with Gasteiger partial charge in [-0.2, -0.15) is 0 Å². The zero-order valence-electron chi connectivity index (χ0n) is 11.4. The van der Waals surface area contributed by atoms with Gasteiger partial charge in [0, 0.05) is 10.6 Å². The Morgan fingerprint density at radius 3 is 2.43 bits per heavy atom. The number of carboxylic acid groups (broad SMARTS) is 1. The summed E-state index contributed by atoms with van der Waals surface area (Å²) in [5.74, 6) is -3.07. The minimum absolute atomic E-state index is 0.0364. The van der Waals surface area contributed by atoms with Crippen molar-refractivity contribution >= 4 is 17.6 Å². The second-order valence-corrected chi connectivity index (χ2v) is 6.19. The van der Waals surface area contributed by atoms with Crippen molar-refractivity contribution < 1.29 is 23.8 Å². The fourth-order valence-electron chi connectivity index (χ4n) is 3.21. The van der Waals surface area contributed by atoms with Gasteiger partial charge in [-0.1, -0.05) is 24.4 Å². The second-order valence-electron chi connectivity index (χ2n) is 5.79. The summed E-state index contributed by atoms with van der Waals surface area (Å²) >= 11 is 5.85. The summed E-state index contributed by atoms with van der Waals surface area (Å²) in [6, 6.07) is 1.71. The summed E-state index contributed by atoms with van der Waals surface area (Å²) in [5, 5.41) is 19.3. The fraction of sp³-hybridized carbons (Fsp3) is 0.533. The number of hydrogen-bond acceptors (Lipinski definition) is 2. The number of benzene rings is 1. The number of carboxylic acids is 1. The molecule has 21 heavy (non-hydrogen) atoms. The van der Waals surface area contributed by atoms with Crippen LogP contribution in [0.25, 0.3) is 0 Å². The molecular formula is C15H17ClF2O3. The average Bonchev–Trinajstić information content (AvgIpc) is 2.80. The van der Waals surface area contributed by atoms with Gasteiger partial charge in [0.1, 0.15) is 0 Å². The molecule has 0 saturated heterocycles. The van der Waals surface area contributed by atoms with Crippen molar-refractivity contribution in [1.29, 1.82) is 0 Å². The standard InChI is InChI=1S/C15H17ClF2O3/c16-10-6-12(18)11(17)5-9(10)13(19)7-15(8-14(20)21)3-1-2-4-15/h5-6,13,19H,1-4,7-8H2,(H,20,21). The van der Waals surface area contributed by atoms with E-state index in [9.17, 15) is 18.7 Å². The second kappa shape index (κ2) is 6.28. The van der Waals surface area contributed by atoms with E-state index in [0.29, 0.717) is 12.8 Å². The van der Waals surface area contributed by atoms with Gasteiger partial charge in [0.2, 0.25) is 0 Å². The first kappa shape index (κ1) is 16.2. The fourth-order valence-corrected chi connectivity index (χ4v) is 3.49. The molecule has 2 N–H and O–H groups in total. The number of carbonyl (C=O) groups is 1. The summed E-state index contributed by atoms with van der Waals surface area (Å²) in [6.07, 6.45) is 2.27. The first-order valence-corrected chi connectivity index (χ1v) is 7.25. The van der Waals surface area contributed by atoms with E-state index in [0.717, 1.165) is 25.0 Å². The van der Waals surface area contributed by atoms with E-state index in [1.165, 1.54) is 0 Å². The quantitative estimate of drug-likeness (QED) is 0.804. The van der Waals surface area contributed by atoms with E-state index < -0.39 is 29.1 Å². The molecule has 0 aliphatic heterocycles. The van der Waals surface area contributed by atoms with Gasteiger partial charge in [-0.25, -0.2) is 8.78 Å². The van der Waals surface area contributed by atoms with E-state index in [-0.39, 0.29) is 23.4 Å². The van der Waals surface area contributed by atoms with E-state index in [1.54, 1.807) is 0 Å². The number of halogens is 3. The molecule has 0 radical (unpaired) electrons. The van der Waals surface area contributed by atoms with Gasteiger partial charge in [-0.3, -0.25) is 4.79 Å². The lowest BCUT2D eigenvalue weighted by Crippen LogP contribution is -2.24. The molecule has 0 amide bonds. The van der Waals surface area contributed by atoms with Crippen molar-refractivity contribution in [2.75, 3.05) is 0 Å². The van der Waals surface area contributed by atoms with E-state index >= 15 is 0 Å². The minimum atomic E-state index is -1.11. The van der Waals surface area contributed by atoms with Crippen LogP contribution in [0.2, 0.25) is 5.02 Å². The highest BCUT2D eigenvalue weighted by Crippen LogP contribution is 2.47. The maximum Gasteiger partial charge on any atom is 0.303 e. The predicted octanol–water partition coefficient (Wildman–Crippen LogP) is 4.08. The van der Waals surface area contributed by atoms with Crippen molar-refractivity contribution in [3.05, 3.63) is 34.4 Å². The number of aliphatic carboxylic acids is 1. The number of aliphatic hydroxyl groups is 1. The molecule has 3 nitrogen and oxygen atoms in total. The molecule has 0 spiro atoms. The van der Waals surface area contributed by atoms with Gasteiger partial charge in [0.25, 0.3) is 0 Å². The van der Waals surface area contributed by atoms with Gasteiger partial charge in [-0.05, 0) is 36.8 Å². The van der Waals surface area contributed by atoms with E-state index in [1.807, 2.05) is 0 Å². The topological polar surface area (TPSA) is 57.5 Å². The minimum Gasteiger partial charge on any atom is -0.481 e. The molecule has 1 atom stereocenters. The zero-order valence-corrected chi connectivity index (χ0v) is 12.2. The Kier molecular flexibility index (Phi) is 4.84. The Hall–Kier alpha value is -1.20. The third-order valence-electron chi connectivity index (χ3n) is 4.22. The Bertz CT molecular complexity index is 542. The van der Waals surface area contributed by atoms with E-state index in [4.69, 9.17) is 16.7 Å². The lowest BCUT2D eigenvalue weighted by molar-refractivity contribution is -0.140. The maximum absolute atomic E-state index is 13.3. The van der Waals surface area contributed by atoms with Crippen LogP contribution in [-0.4, -0.2) is 16.2 Å². The van der Waals surface area contributed by atoms with Gasteiger partial charge in [-0.15, -0.1) is 0 Å². The molecule has 1 aromatic carbocycles. The smallest absolute Gasteiger partial charge is 0.303 e. The highest BCUT2D eigenvalue weighted by Gasteiger charge is 2.38. The summed E-state index contributed by atoms with van der Waals surface area (Å²) in [4.78, 5) is 11.0. The van der Waals surface area contributed by atoms with Gasteiger partial charge < -0.3 is 10.2 Å². The normalized spacial score (nSPS) is 18.7. The van der Waals surface area contributed by atoms with Crippen LogP contribution < -0.4 is 0 Å². The summed E-state index contributed by atoms with van der Waals surface area (Å²) < 4.78 is 26.4. The average molecular weight is 319 g/mol. The molecule has 6 heteroatoms. The SMILES string of the molecule is O=C(O)CC1(CC(O)c2cc(F)c(F)cc2Cl)CCCC1. The molecule has 2 rings (SSSR count). The number of hydrogen-bond donors (Lipinski definition) is 2. The van der Waals surface area contributed by atoms with Gasteiger partial charge >= 0.3 is 5.97 Å². The molecule has 1 unspecified atom stereocenters. The van der Waals surface area contributed by atoms with Crippen molar-refractivity contribution in [2.24, 2.45) is 5.41 Å². The third kappa shape index (κ3) is 3.71. The predicted molar refractivity (Wildman–Crippen MR) is 74.1 cm³/mol. The molecule has 0 bridgehead atoms. The van der Waals surface area contributed by atoms with Crippen LogP contribution >= 0.6 is 11.6 Å². The Morgan fingerprint density at radius 1 is 1.29 bits per heavy atom. The summed E-state index contributed by atoms with van der Waals surface area (Å²) in [7, 11) is 0. The molecule has 1 aliphatic rings. The Morgan fingerprint density at radius 2 is 1.86 bits per heavy atom. The summed E-state index contributed by atoms with van der Waals surface area (Å²) in [5.41, 5.74) is -0.397. The van der Waals surface area contributed by atoms with Crippen LogP contribution in [0.3, 0.4) is 0 Å². The first-order chi connectivity index (χ1) is 9.83. The molecule has 1 aliphatic carbocycles. The monoisotopic (exact) mass is 318 g/mol. The van der Waals surface area contributed by atoms with Crippen LogP contribution in [0.5, 0.6) is 0 Å². The van der Waals surface area contributed by atoms with Gasteiger partial charge in [0.15, 0.2) is 11.6 Å². The van der Waals surface area contributed by atoms with Crippen molar-refractivity contribution in [1.82, 2.24) is 0 Å². The van der Waals surface area contributed by atoms with Crippen LogP contribution in [0.1, 0.15) is 50.2 Å². The molecule has 1 saturated carbocycles. The summed E-state index contributed by atoms with van der Waals surface area (Å²) in [6.45, 7) is 0. The molecule has 1 aromatic rings. The Labute approximate surface area is 126 Å². The first-order valence-electron chi connectivity index (χ1n) is 6.87. The molecule has 116 valence electrons. The van der Waals surface area contributed by atoms with Crippen LogP contribution in [0.15, 0.2) is 12.1 Å². The zero-order chi connectivity index (χ0) is 15.6. The lowest BCUT2D eigenvalue weighted by Gasteiger charge is -2.30. The maximum atomic E-state index is 13.3. The van der Waals surface area contributed by atoms with Gasteiger partial charge in [0.05, 0.1) is 12.5 Å². The van der Waals surface area contributed by atoms with Crippen LogP contribution in [-0.2, 0) is 4.79 Å². The molecule has 0 heterocycles. The highest BCUT2D eigenvalue weighted by atomic mass is 35.5. The van der Waals surface area contributed by atoms with Crippen molar-refractivity contribution in [2.45, 2.75) is 44.6 Å². The number of aliphatic hydroxyl groups excluding tert-OH is 1. The van der Waals surface area contributed by atoms with E-state index in [2.05, 4.69) is 0 Å². The van der Waals surface area contributed by atoms with Crippen molar-refractivity contribution in [3.8, 4) is 0 Å². The third-order valence-corrected chi connectivity index (χ3v) is 4.54. The largest absolute Gasteiger partial charge is 0.481 e. The molecular weight excluding hydrogens is 302 g/mol. The Balaban J connectivity index is 2.21. The van der Waals surface area contributed by atoms with Crippen LogP contribution in [0.4, 0.5) is 8.78 Å². The van der Waals surface area contributed by atoms with Crippen molar-refractivity contribution in [3.63, 3.8) is 0 Å². The molecule has 1 fully saturated rings. The number of rotatable bonds is 5. The lowest BCUT2D eigenvalue weighted by atomic mass is 9.76. The highest BCUT2D eigenvalue weighted by molar-refractivity contribution is 6.31.